The number of fused-ring (bicyclic) bond motifs is 1. The third-order valence-corrected chi connectivity index (χ3v) is 3.44. The maximum atomic E-state index is 9.38. The predicted molar refractivity (Wildman–Crippen MR) is 73.9 cm³/mol. The van der Waals surface area contributed by atoms with Gasteiger partial charge in [-0.2, -0.15) is 0 Å². The van der Waals surface area contributed by atoms with Gasteiger partial charge < -0.3 is 20.3 Å². The molecule has 1 saturated heterocycles. The van der Waals surface area contributed by atoms with Crippen molar-refractivity contribution in [3.05, 3.63) is 12.7 Å². The van der Waals surface area contributed by atoms with Crippen LogP contribution in [0.2, 0.25) is 0 Å². The number of aliphatic hydroxyl groups is 1. The van der Waals surface area contributed by atoms with E-state index in [1.807, 2.05) is 0 Å². The van der Waals surface area contributed by atoms with Gasteiger partial charge >= 0.3 is 0 Å². The molecule has 1 aliphatic rings. The molecule has 8 heteroatoms. The Hall–Kier alpha value is -2.21. The third kappa shape index (κ3) is 2.42. The SMILES string of the molecule is C#CCOC1CC(n2cnc3c(N)ncnc32)OC1CO. The minimum atomic E-state index is -0.431. The number of aromatic nitrogens is 4. The number of imidazole rings is 1. The first-order chi connectivity index (χ1) is 10.2. The van der Waals surface area contributed by atoms with Crippen molar-refractivity contribution in [3.8, 4) is 12.3 Å². The van der Waals surface area contributed by atoms with Crippen molar-refractivity contribution in [1.82, 2.24) is 19.5 Å². The van der Waals surface area contributed by atoms with Gasteiger partial charge in [-0.25, -0.2) is 15.0 Å². The predicted octanol–water partition coefficient (Wildman–Crippen LogP) is -0.293. The van der Waals surface area contributed by atoms with Gasteiger partial charge in [0.1, 0.15) is 30.8 Å². The first-order valence-electron chi connectivity index (χ1n) is 6.49. The molecule has 2 aromatic heterocycles. The molecule has 21 heavy (non-hydrogen) atoms. The van der Waals surface area contributed by atoms with E-state index in [-0.39, 0.29) is 25.5 Å². The van der Waals surface area contributed by atoms with Crippen molar-refractivity contribution < 1.29 is 14.6 Å². The lowest BCUT2D eigenvalue weighted by Gasteiger charge is -2.14. The zero-order chi connectivity index (χ0) is 14.8. The van der Waals surface area contributed by atoms with Gasteiger partial charge in [-0.05, 0) is 0 Å². The smallest absolute Gasteiger partial charge is 0.167 e. The maximum absolute atomic E-state index is 9.38. The number of rotatable bonds is 4. The molecule has 0 aliphatic carbocycles. The summed E-state index contributed by atoms with van der Waals surface area (Å²) >= 11 is 0. The van der Waals surface area contributed by atoms with E-state index in [4.69, 9.17) is 21.6 Å². The topological polar surface area (TPSA) is 108 Å². The molecule has 1 fully saturated rings. The maximum Gasteiger partial charge on any atom is 0.167 e. The molecule has 0 radical (unpaired) electrons. The van der Waals surface area contributed by atoms with Crippen molar-refractivity contribution in [2.75, 3.05) is 18.9 Å². The van der Waals surface area contributed by atoms with Crippen molar-refractivity contribution >= 4 is 17.0 Å². The van der Waals surface area contributed by atoms with E-state index < -0.39 is 6.10 Å². The number of terminal acetylenes is 1. The van der Waals surface area contributed by atoms with Crippen LogP contribution in [0.3, 0.4) is 0 Å². The van der Waals surface area contributed by atoms with E-state index in [1.54, 1.807) is 10.9 Å². The number of hydrogen-bond acceptors (Lipinski definition) is 7. The van der Waals surface area contributed by atoms with Gasteiger partial charge in [-0.15, -0.1) is 6.42 Å². The van der Waals surface area contributed by atoms with Crippen LogP contribution in [0.1, 0.15) is 12.6 Å². The molecule has 3 rings (SSSR count). The Morgan fingerprint density at radius 1 is 1.52 bits per heavy atom. The highest BCUT2D eigenvalue weighted by Gasteiger charge is 2.37. The van der Waals surface area contributed by atoms with Crippen molar-refractivity contribution in [2.24, 2.45) is 0 Å². The Labute approximate surface area is 120 Å². The van der Waals surface area contributed by atoms with Gasteiger partial charge in [0.15, 0.2) is 11.5 Å². The molecule has 3 atom stereocenters. The summed E-state index contributed by atoms with van der Waals surface area (Å²) in [6, 6.07) is 0. The summed E-state index contributed by atoms with van der Waals surface area (Å²) in [5, 5.41) is 9.38. The van der Waals surface area contributed by atoms with Crippen LogP contribution in [-0.4, -0.2) is 50.0 Å². The Kier molecular flexibility index (Phi) is 3.70. The molecule has 2 aromatic rings. The summed E-state index contributed by atoms with van der Waals surface area (Å²) in [6.07, 6.45) is 7.66. The minimum absolute atomic E-state index is 0.143. The van der Waals surface area contributed by atoms with Gasteiger partial charge in [0.2, 0.25) is 0 Å². The Morgan fingerprint density at radius 3 is 3.14 bits per heavy atom. The van der Waals surface area contributed by atoms with Gasteiger partial charge in [0, 0.05) is 6.42 Å². The highest BCUT2D eigenvalue weighted by Crippen LogP contribution is 2.32. The average Bonchev–Trinajstić information content (AvgIpc) is 3.09. The second kappa shape index (κ2) is 5.65. The summed E-state index contributed by atoms with van der Waals surface area (Å²) in [5.74, 6) is 2.73. The van der Waals surface area contributed by atoms with Crippen molar-refractivity contribution in [2.45, 2.75) is 24.9 Å². The normalized spacial score (nSPS) is 25.2. The number of nitrogens with zero attached hydrogens (tertiary/aromatic N) is 4. The standard InChI is InChI=1S/C13H15N5O3/c1-2-3-20-8-4-10(21-9(8)5-19)18-7-17-11-12(14)15-6-16-13(11)18/h1,6-10,19H,3-5H2,(H2,14,15,16). The highest BCUT2D eigenvalue weighted by atomic mass is 16.6. The fourth-order valence-electron chi connectivity index (χ4n) is 2.45. The number of ether oxygens (including phenoxy) is 2. The highest BCUT2D eigenvalue weighted by molar-refractivity contribution is 5.81. The second-order valence-electron chi connectivity index (χ2n) is 4.68. The minimum Gasteiger partial charge on any atom is -0.394 e. The van der Waals surface area contributed by atoms with Crippen LogP contribution >= 0.6 is 0 Å². The quantitative estimate of drug-likeness (QED) is 0.744. The Bertz CT molecular complexity index is 680. The van der Waals surface area contributed by atoms with Crippen molar-refractivity contribution in [1.29, 1.82) is 0 Å². The summed E-state index contributed by atoms with van der Waals surface area (Å²) in [7, 11) is 0. The monoisotopic (exact) mass is 289 g/mol. The molecule has 1 aliphatic heterocycles. The molecule has 3 heterocycles. The van der Waals surface area contributed by atoms with Gasteiger partial charge in [-0.3, -0.25) is 4.57 Å². The Morgan fingerprint density at radius 2 is 2.38 bits per heavy atom. The molecule has 8 nitrogen and oxygen atoms in total. The first-order valence-corrected chi connectivity index (χ1v) is 6.49. The van der Waals surface area contributed by atoms with Crippen molar-refractivity contribution in [3.63, 3.8) is 0 Å². The molecular weight excluding hydrogens is 274 g/mol. The van der Waals surface area contributed by atoms with Gasteiger partial charge in [0.05, 0.1) is 19.0 Å². The molecule has 110 valence electrons. The summed E-state index contributed by atoms with van der Waals surface area (Å²) in [4.78, 5) is 12.3. The Balaban J connectivity index is 1.87. The van der Waals surface area contributed by atoms with Crippen LogP contribution in [0, 0.1) is 12.3 Å². The number of aliphatic hydroxyl groups excluding tert-OH is 1. The lowest BCUT2D eigenvalue weighted by atomic mass is 10.2. The second-order valence-corrected chi connectivity index (χ2v) is 4.68. The number of anilines is 1. The lowest BCUT2D eigenvalue weighted by molar-refractivity contribution is -0.0555. The summed E-state index contributed by atoms with van der Waals surface area (Å²) in [6.45, 7) is 0.0343. The number of nitrogens with two attached hydrogens (primary N) is 1. The van der Waals surface area contributed by atoms with Crippen LogP contribution < -0.4 is 5.73 Å². The van der Waals surface area contributed by atoms with Crippen LogP contribution in [0.4, 0.5) is 5.82 Å². The largest absolute Gasteiger partial charge is 0.394 e. The van der Waals surface area contributed by atoms with E-state index in [2.05, 4.69) is 20.9 Å². The van der Waals surface area contributed by atoms with Crippen LogP contribution in [0.5, 0.6) is 0 Å². The van der Waals surface area contributed by atoms with Gasteiger partial charge in [0.25, 0.3) is 0 Å². The third-order valence-electron chi connectivity index (χ3n) is 3.44. The van der Waals surface area contributed by atoms with Crippen LogP contribution in [0.25, 0.3) is 11.2 Å². The zero-order valence-corrected chi connectivity index (χ0v) is 11.2. The summed E-state index contributed by atoms with van der Waals surface area (Å²) < 4.78 is 13.1. The lowest BCUT2D eigenvalue weighted by Crippen LogP contribution is -2.27. The van der Waals surface area contributed by atoms with E-state index in [0.717, 1.165) is 0 Å². The fraction of sp³-hybridized carbons (Fsp3) is 0.462. The molecule has 3 unspecified atom stereocenters. The fourth-order valence-corrected chi connectivity index (χ4v) is 2.45. The van der Waals surface area contributed by atoms with E-state index in [9.17, 15) is 5.11 Å². The molecule has 0 bridgehead atoms. The molecule has 0 spiro atoms. The first kappa shape index (κ1) is 13.8. The molecular formula is C13H15N5O3. The van der Waals surface area contributed by atoms with Crippen LogP contribution in [-0.2, 0) is 9.47 Å². The molecule has 0 saturated carbocycles. The molecule has 3 N–H and O–H groups in total. The van der Waals surface area contributed by atoms with E-state index in [1.165, 1.54) is 6.33 Å². The zero-order valence-electron chi connectivity index (χ0n) is 11.2. The molecule has 0 aromatic carbocycles. The average molecular weight is 289 g/mol. The molecule has 0 amide bonds. The van der Waals surface area contributed by atoms with E-state index in [0.29, 0.717) is 23.4 Å². The van der Waals surface area contributed by atoms with Crippen LogP contribution in [0.15, 0.2) is 12.7 Å². The number of hydrogen-bond donors (Lipinski definition) is 2. The van der Waals surface area contributed by atoms with E-state index >= 15 is 0 Å². The number of nitrogen functional groups attached to an aromatic ring is 1. The summed E-state index contributed by atoms with van der Waals surface area (Å²) in [5.41, 5.74) is 6.87. The van der Waals surface area contributed by atoms with Gasteiger partial charge in [-0.1, -0.05) is 5.92 Å².